The summed E-state index contributed by atoms with van der Waals surface area (Å²) in [6, 6.07) is 13.8. The maximum atomic E-state index is 6.16. The Kier molecular flexibility index (Phi) is 5.66. The molecule has 0 aliphatic carbocycles. The lowest BCUT2D eigenvalue weighted by Crippen LogP contribution is -2.09. The molecule has 166 valence electrons. The Hall–Kier alpha value is -3.91. The fourth-order valence-electron chi connectivity index (χ4n) is 3.78. The van der Waals surface area contributed by atoms with Crippen LogP contribution in [0.25, 0.3) is 22.0 Å². The van der Waals surface area contributed by atoms with Gasteiger partial charge in [-0.2, -0.15) is 4.98 Å². The highest BCUT2D eigenvalue weighted by Crippen LogP contribution is 2.32. The van der Waals surface area contributed by atoms with Crippen molar-refractivity contribution in [1.29, 1.82) is 0 Å². The number of fused-ring (bicyclic) bond motifs is 1. The monoisotopic (exact) mass is 459 g/mol. The maximum Gasteiger partial charge on any atom is 0.225 e. The van der Waals surface area contributed by atoms with Crippen LogP contribution < -0.4 is 10.6 Å². The number of anilines is 2. The quantitative estimate of drug-likeness (QED) is 0.295. The predicted molar refractivity (Wildman–Crippen MR) is 129 cm³/mol. The van der Waals surface area contributed by atoms with E-state index in [4.69, 9.17) is 26.1 Å². The van der Waals surface area contributed by atoms with Crippen LogP contribution in [0.5, 0.6) is 0 Å². The van der Waals surface area contributed by atoms with Crippen LogP contribution in [0.3, 0.4) is 0 Å². The molecule has 0 fully saturated rings. The summed E-state index contributed by atoms with van der Waals surface area (Å²) in [5.74, 6) is 2.81. The van der Waals surface area contributed by atoms with Gasteiger partial charge in [-0.1, -0.05) is 35.0 Å². The number of imidazole rings is 1. The van der Waals surface area contributed by atoms with Crippen molar-refractivity contribution in [3.63, 3.8) is 0 Å². The molecule has 9 heteroatoms. The molecule has 5 aromatic rings. The van der Waals surface area contributed by atoms with Crippen molar-refractivity contribution < 1.29 is 4.52 Å². The zero-order valence-corrected chi connectivity index (χ0v) is 18.9. The molecule has 0 aliphatic rings. The molecule has 0 amide bonds. The van der Waals surface area contributed by atoms with Crippen LogP contribution in [0, 0.1) is 13.8 Å². The zero-order chi connectivity index (χ0) is 22.8. The van der Waals surface area contributed by atoms with E-state index in [0.29, 0.717) is 24.1 Å². The summed E-state index contributed by atoms with van der Waals surface area (Å²) in [6.07, 6.45) is 3.50. The van der Waals surface area contributed by atoms with Gasteiger partial charge >= 0.3 is 0 Å². The van der Waals surface area contributed by atoms with Crippen LogP contribution in [0.1, 0.15) is 22.8 Å². The molecule has 0 bridgehead atoms. The van der Waals surface area contributed by atoms with Crippen molar-refractivity contribution in [2.24, 2.45) is 0 Å². The number of H-pyrrole nitrogens is 1. The molecule has 5 rings (SSSR count). The minimum atomic E-state index is 0.489. The Morgan fingerprint density at radius 1 is 1.03 bits per heavy atom. The Morgan fingerprint density at radius 3 is 2.70 bits per heavy atom. The molecule has 0 unspecified atom stereocenters. The number of hydrogen-bond acceptors (Lipinski definition) is 7. The molecular weight excluding hydrogens is 438 g/mol. The van der Waals surface area contributed by atoms with E-state index in [1.165, 1.54) is 0 Å². The van der Waals surface area contributed by atoms with Gasteiger partial charge in [-0.25, -0.2) is 9.97 Å². The third-order valence-corrected chi connectivity index (χ3v) is 5.57. The zero-order valence-electron chi connectivity index (χ0n) is 18.2. The number of aromatic nitrogens is 5. The molecule has 33 heavy (non-hydrogen) atoms. The van der Waals surface area contributed by atoms with Gasteiger partial charge in [-0.3, -0.25) is 0 Å². The van der Waals surface area contributed by atoms with E-state index < -0.39 is 0 Å². The number of nitrogens with zero attached hydrogens (tertiary/aromatic N) is 4. The number of aryl methyl sites for hydroxylation is 2. The maximum absolute atomic E-state index is 6.16. The second-order valence-corrected chi connectivity index (χ2v) is 8.14. The number of rotatable bonds is 7. The van der Waals surface area contributed by atoms with Gasteiger partial charge in [0.2, 0.25) is 5.95 Å². The number of halogens is 1. The van der Waals surface area contributed by atoms with Crippen molar-refractivity contribution in [2.75, 3.05) is 10.6 Å². The van der Waals surface area contributed by atoms with Crippen molar-refractivity contribution in [3.05, 3.63) is 82.7 Å². The minimum absolute atomic E-state index is 0.489. The molecule has 0 aliphatic heterocycles. The summed E-state index contributed by atoms with van der Waals surface area (Å²) in [5.41, 5.74) is 4.71. The van der Waals surface area contributed by atoms with E-state index in [-0.39, 0.29) is 0 Å². The third kappa shape index (κ3) is 4.51. The van der Waals surface area contributed by atoms with Gasteiger partial charge in [0.15, 0.2) is 0 Å². The fourth-order valence-corrected chi connectivity index (χ4v) is 4.00. The first-order valence-electron chi connectivity index (χ1n) is 10.5. The molecule has 0 radical (unpaired) electrons. The number of aromatic amines is 1. The molecule has 0 saturated carbocycles. The Labute approximate surface area is 195 Å². The van der Waals surface area contributed by atoms with Crippen LogP contribution in [-0.2, 0) is 13.1 Å². The lowest BCUT2D eigenvalue weighted by molar-refractivity contribution is 0.393. The molecule has 0 spiro atoms. The highest BCUT2D eigenvalue weighted by molar-refractivity contribution is 6.30. The van der Waals surface area contributed by atoms with E-state index in [1.807, 2.05) is 50.2 Å². The SMILES string of the molecule is Cc1noc(C)c1-c1ccc2nc(NCc3ncc[nH]3)nc(NCc3cccc(Cl)c3)c2c1. The predicted octanol–water partition coefficient (Wildman–Crippen LogP) is 5.50. The number of benzene rings is 2. The molecule has 3 aromatic heterocycles. The number of hydrogen-bond donors (Lipinski definition) is 3. The summed E-state index contributed by atoms with van der Waals surface area (Å²) in [6.45, 7) is 4.91. The molecular formula is C24H22ClN7O. The van der Waals surface area contributed by atoms with E-state index in [1.54, 1.807) is 12.4 Å². The van der Waals surface area contributed by atoms with E-state index in [2.05, 4.69) is 31.8 Å². The largest absolute Gasteiger partial charge is 0.365 e. The van der Waals surface area contributed by atoms with Gasteiger partial charge in [0.1, 0.15) is 17.4 Å². The second kappa shape index (κ2) is 8.91. The van der Waals surface area contributed by atoms with Crippen LogP contribution in [0.15, 0.2) is 59.4 Å². The van der Waals surface area contributed by atoms with Gasteiger partial charge in [0.05, 0.1) is 17.8 Å². The average molecular weight is 460 g/mol. The lowest BCUT2D eigenvalue weighted by atomic mass is 10.0. The molecule has 8 nitrogen and oxygen atoms in total. The van der Waals surface area contributed by atoms with Gasteiger partial charge in [0.25, 0.3) is 0 Å². The summed E-state index contributed by atoms with van der Waals surface area (Å²) in [7, 11) is 0. The summed E-state index contributed by atoms with van der Waals surface area (Å²) in [4.78, 5) is 16.8. The summed E-state index contributed by atoms with van der Waals surface area (Å²) < 4.78 is 5.37. The van der Waals surface area contributed by atoms with Crippen molar-refractivity contribution >= 4 is 34.3 Å². The highest BCUT2D eigenvalue weighted by Gasteiger charge is 2.15. The Bertz CT molecular complexity index is 1390. The van der Waals surface area contributed by atoms with Gasteiger partial charge < -0.3 is 20.1 Å². The summed E-state index contributed by atoms with van der Waals surface area (Å²) in [5, 5.41) is 12.4. The van der Waals surface area contributed by atoms with Crippen molar-refractivity contribution in [2.45, 2.75) is 26.9 Å². The molecule has 3 heterocycles. The van der Waals surface area contributed by atoms with Crippen LogP contribution >= 0.6 is 11.6 Å². The topological polar surface area (TPSA) is 105 Å². The average Bonchev–Trinajstić information content (AvgIpc) is 3.45. The first kappa shape index (κ1) is 21.0. The Morgan fingerprint density at radius 2 is 1.94 bits per heavy atom. The smallest absolute Gasteiger partial charge is 0.225 e. The molecule has 0 saturated heterocycles. The number of nitrogens with one attached hydrogen (secondary N) is 3. The van der Waals surface area contributed by atoms with Crippen molar-refractivity contribution in [3.8, 4) is 11.1 Å². The van der Waals surface area contributed by atoms with Gasteiger partial charge in [-0.05, 0) is 49.2 Å². The van der Waals surface area contributed by atoms with E-state index in [0.717, 1.165) is 50.7 Å². The third-order valence-electron chi connectivity index (χ3n) is 5.34. The first-order chi connectivity index (χ1) is 16.1. The molecule has 2 aromatic carbocycles. The lowest BCUT2D eigenvalue weighted by Gasteiger charge is -2.13. The fraction of sp³-hybridized carbons (Fsp3) is 0.167. The summed E-state index contributed by atoms with van der Waals surface area (Å²) >= 11 is 6.16. The van der Waals surface area contributed by atoms with Crippen LogP contribution in [0.2, 0.25) is 5.02 Å². The normalized spacial score (nSPS) is 11.1. The minimum Gasteiger partial charge on any atom is -0.365 e. The highest BCUT2D eigenvalue weighted by atomic mass is 35.5. The molecule has 0 atom stereocenters. The van der Waals surface area contributed by atoms with Crippen molar-refractivity contribution in [1.82, 2.24) is 25.1 Å². The molecule has 3 N–H and O–H groups in total. The van der Waals surface area contributed by atoms with Gasteiger partial charge in [0, 0.05) is 34.9 Å². The first-order valence-corrected chi connectivity index (χ1v) is 10.9. The Balaban J connectivity index is 1.53. The van der Waals surface area contributed by atoms with E-state index >= 15 is 0 Å². The van der Waals surface area contributed by atoms with Gasteiger partial charge in [-0.15, -0.1) is 0 Å². The second-order valence-electron chi connectivity index (χ2n) is 7.70. The standard InChI is InChI=1S/C24H22ClN7O/c1-14-22(15(2)33-32-14)17-6-7-20-19(11-17)23(28-12-16-4-3-5-18(25)10-16)31-24(30-20)29-13-21-26-8-9-27-21/h3-11H,12-13H2,1-2H3,(H,26,27)(H2,28,29,30,31). The van der Waals surface area contributed by atoms with E-state index in [9.17, 15) is 0 Å². The van der Waals surface area contributed by atoms with Crippen LogP contribution in [-0.4, -0.2) is 25.1 Å². The van der Waals surface area contributed by atoms with Crippen LogP contribution in [0.4, 0.5) is 11.8 Å².